The van der Waals surface area contributed by atoms with Crippen molar-refractivity contribution in [1.29, 1.82) is 0 Å². The predicted octanol–water partition coefficient (Wildman–Crippen LogP) is 4.48. The molecule has 0 spiro atoms. The number of carbonyl (C=O) groups is 1. The molecule has 3 nitrogen and oxygen atoms in total. The average Bonchev–Trinajstić information content (AvgIpc) is 2.69. The van der Waals surface area contributed by atoms with Crippen molar-refractivity contribution >= 4 is 12.0 Å². The Bertz CT molecular complexity index is 784. The first-order valence-corrected chi connectivity index (χ1v) is 9.87. The van der Waals surface area contributed by atoms with Gasteiger partial charge in [0, 0.05) is 38.8 Å². The van der Waals surface area contributed by atoms with Gasteiger partial charge >= 0.3 is 0 Å². The van der Waals surface area contributed by atoms with Crippen molar-refractivity contribution in [1.82, 2.24) is 9.80 Å². The third-order valence-corrected chi connectivity index (χ3v) is 5.36. The van der Waals surface area contributed by atoms with Crippen LogP contribution >= 0.6 is 0 Å². The molecule has 0 bridgehead atoms. The average molecular weight is 363 g/mol. The Balaban J connectivity index is 1.50. The molecule has 0 unspecified atom stereocenters. The molecule has 2 aromatic rings. The molecule has 3 rings (SSSR count). The van der Waals surface area contributed by atoms with E-state index in [2.05, 4.69) is 74.2 Å². The van der Waals surface area contributed by atoms with Gasteiger partial charge < -0.3 is 4.90 Å². The molecule has 1 aliphatic heterocycles. The summed E-state index contributed by atoms with van der Waals surface area (Å²) >= 11 is 0. The fraction of sp³-hybridized carbons (Fsp3) is 0.375. The number of rotatable bonds is 5. The Hall–Kier alpha value is -2.39. The molecule has 0 radical (unpaired) electrons. The largest absolute Gasteiger partial charge is 0.337 e. The molecule has 0 aliphatic carbocycles. The van der Waals surface area contributed by atoms with Crippen LogP contribution < -0.4 is 0 Å². The minimum atomic E-state index is 0.110. The Labute approximate surface area is 163 Å². The molecular weight excluding hydrogens is 332 g/mol. The summed E-state index contributed by atoms with van der Waals surface area (Å²) in [6.07, 6.45) is 3.63. The molecule has 27 heavy (non-hydrogen) atoms. The number of hydrogen-bond donors (Lipinski definition) is 0. The van der Waals surface area contributed by atoms with Gasteiger partial charge in [-0.05, 0) is 41.2 Å². The lowest BCUT2D eigenvalue weighted by Crippen LogP contribution is -2.47. The fourth-order valence-corrected chi connectivity index (χ4v) is 3.42. The van der Waals surface area contributed by atoms with Crippen LogP contribution in [0.25, 0.3) is 6.08 Å². The van der Waals surface area contributed by atoms with Gasteiger partial charge in [-0.3, -0.25) is 9.69 Å². The zero-order chi connectivity index (χ0) is 19.2. The van der Waals surface area contributed by atoms with Crippen molar-refractivity contribution in [2.45, 2.75) is 33.2 Å². The molecule has 142 valence electrons. The summed E-state index contributed by atoms with van der Waals surface area (Å²) in [7, 11) is 0. The number of hydrogen-bond acceptors (Lipinski definition) is 2. The third kappa shape index (κ3) is 5.30. The second-order valence-corrected chi connectivity index (χ2v) is 7.68. The number of benzene rings is 2. The van der Waals surface area contributed by atoms with E-state index >= 15 is 0 Å². The maximum Gasteiger partial charge on any atom is 0.246 e. The zero-order valence-corrected chi connectivity index (χ0v) is 16.7. The summed E-state index contributed by atoms with van der Waals surface area (Å²) in [5.74, 6) is 0.638. The zero-order valence-electron chi connectivity index (χ0n) is 16.7. The summed E-state index contributed by atoms with van der Waals surface area (Å²) in [4.78, 5) is 16.9. The summed E-state index contributed by atoms with van der Waals surface area (Å²) in [6, 6.07) is 17.0. The van der Waals surface area contributed by atoms with Gasteiger partial charge in [-0.15, -0.1) is 0 Å². The topological polar surface area (TPSA) is 23.6 Å². The fourth-order valence-electron chi connectivity index (χ4n) is 3.42. The van der Waals surface area contributed by atoms with Crippen molar-refractivity contribution in [2.24, 2.45) is 0 Å². The van der Waals surface area contributed by atoms with E-state index in [0.29, 0.717) is 5.92 Å². The highest BCUT2D eigenvalue weighted by molar-refractivity contribution is 5.91. The second-order valence-electron chi connectivity index (χ2n) is 7.68. The highest BCUT2D eigenvalue weighted by Gasteiger charge is 2.19. The van der Waals surface area contributed by atoms with Gasteiger partial charge in [0.05, 0.1) is 0 Å². The van der Waals surface area contributed by atoms with Crippen molar-refractivity contribution < 1.29 is 4.79 Å². The van der Waals surface area contributed by atoms with Crippen LogP contribution in [-0.4, -0.2) is 41.9 Å². The molecule has 0 saturated carbocycles. The Morgan fingerprint density at radius 1 is 1.00 bits per heavy atom. The summed E-state index contributed by atoms with van der Waals surface area (Å²) < 4.78 is 0. The van der Waals surface area contributed by atoms with Crippen LogP contribution in [0.2, 0.25) is 0 Å². The van der Waals surface area contributed by atoms with Crippen LogP contribution in [0.3, 0.4) is 0 Å². The standard InChI is InChI=1S/C24H30N2O/c1-19(2)22-11-8-21(9-12-22)10-13-24(27)26-16-14-25(15-17-26)18-23-7-5-4-6-20(23)3/h4-13,19H,14-18H2,1-3H3/b13-10+. The van der Waals surface area contributed by atoms with Gasteiger partial charge in [0.15, 0.2) is 0 Å². The third-order valence-electron chi connectivity index (χ3n) is 5.36. The number of carbonyl (C=O) groups excluding carboxylic acids is 1. The molecular formula is C24H30N2O. The van der Waals surface area contributed by atoms with Gasteiger partial charge in [-0.25, -0.2) is 0 Å². The highest BCUT2D eigenvalue weighted by Crippen LogP contribution is 2.16. The normalized spacial score (nSPS) is 15.6. The van der Waals surface area contributed by atoms with Crippen LogP contribution in [0.5, 0.6) is 0 Å². The van der Waals surface area contributed by atoms with Crippen LogP contribution in [0.4, 0.5) is 0 Å². The molecule has 1 aliphatic rings. The Morgan fingerprint density at radius 3 is 2.30 bits per heavy atom. The van der Waals surface area contributed by atoms with E-state index in [1.165, 1.54) is 16.7 Å². The molecule has 3 heteroatoms. The molecule has 0 N–H and O–H groups in total. The van der Waals surface area contributed by atoms with E-state index in [9.17, 15) is 4.79 Å². The lowest BCUT2D eigenvalue weighted by atomic mass is 10.0. The van der Waals surface area contributed by atoms with Crippen LogP contribution in [0, 0.1) is 6.92 Å². The molecule has 1 fully saturated rings. The molecule has 2 aromatic carbocycles. The maximum atomic E-state index is 12.5. The van der Waals surface area contributed by atoms with E-state index in [0.717, 1.165) is 38.3 Å². The SMILES string of the molecule is Cc1ccccc1CN1CCN(C(=O)/C=C/c2ccc(C(C)C)cc2)CC1. The van der Waals surface area contributed by atoms with Gasteiger partial charge in [-0.2, -0.15) is 0 Å². The Morgan fingerprint density at radius 2 is 1.67 bits per heavy atom. The maximum absolute atomic E-state index is 12.5. The van der Waals surface area contributed by atoms with Crippen molar-refractivity contribution in [3.05, 3.63) is 76.9 Å². The van der Waals surface area contributed by atoms with E-state index < -0.39 is 0 Å². The van der Waals surface area contributed by atoms with E-state index in [1.807, 2.05) is 11.0 Å². The highest BCUT2D eigenvalue weighted by atomic mass is 16.2. The molecule has 1 amide bonds. The second kappa shape index (κ2) is 9.01. The number of amides is 1. The van der Waals surface area contributed by atoms with Crippen molar-refractivity contribution in [3.8, 4) is 0 Å². The first kappa shape index (κ1) is 19.4. The minimum absolute atomic E-state index is 0.110. The van der Waals surface area contributed by atoms with Crippen LogP contribution in [0.1, 0.15) is 42.0 Å². The molecule has 0 aromatic heterocycles. The molecule has 0 atom stereocenters. The summed E-state index contributed by atoms with van der Waals surface area (Å²) in [5.41, 5.74) is 5.11. The predicted molar refractivity (Wildman–Crippen MR) is 113 cm³/mol. The minimum Gasteiger partial charge on any atom is -0.337 e. The van der Waals surface area contributed by atoms with E-state index in [4.69, 9.17) is 0 Å². The number of piperazine rings is 1. The number of nitrogens with zero attached hydrogens (tertiary/aromatic N) is 2. The van der Waals surface area contributed by atoms with E-state index in [-0.39, 0.29) is 5.91 Å². The smallest absolute Gasteiger partial charge is 0.246 e. The van der Waals surface area contributed by atoms with E-state index in [1.54, 1.807) is 6.08 Å². The number of aryl methyl sites for hydroxylation is 1. The monoisotopic (exact) mass is 362 g/mol. The van der Waals surface area contributed by atoms with Gasteiger partial charge in [0.2, 0.25) is 5.91 Å². The molecule has 1 heterocycles. The van der Waals surface area contributed by atoms with Crippen molar-refractivity contribution in [3.63, 3.8) is 0 Å². The summed E-state index contributed by atoms with van der Waals surface area (Å²) in [5, 5.41) is 0. The first-order valence-electron chi connectivity index (χ1n) is 9.87. The van der Waals surface area contributed by atoms with Gasteiger partial charge in [0.25, 0.3) is 0 Å². The van der Waals surface area contributed by atoms with Crippen LogP contribution in [-0.2, 0) is 11.3 Å². The molecule has 1 saturated heterocycles. The Kier molecular flexibility index (Phi) is 6.46. The van der Waals surface area contributed by atoms with Crippen molar-refractivity contribution in [2.75, 3.05) is 26.2 Å². The van der Waals surface area contributed by atoms with Crippen LogP contribution in [0.15, 0.2) is 54.6 Å². The first-order chi connectivity index (χ1) is 13.0. The quantitative estimate of drug-likeness (QED) is 0.733. The lowest BCUT2D eigenvalue weighted by Gasteiger charge is -2.34. The van der Waals surface area contributed by atoms with Gasteiger partial charge in [0.1, 0.15) is 0 Å². The summed E-state index contributed by atoms with van der Waals surface area (Å²) in [6.45, 7) is 10.9. The lowest BCUT2D eigenvalue weighted by molar-refractivity contribution is -0.127. The van der Waals surface area contributed by atoms with Gasteiger partial charge in [-0.1, -0.05) is 62.4 Å².